The average molecular weight is 259 g/mol. The van der Waals surface area contributed by atoms with Gasteiger partial charge in [0.2, 0.25) is 0 Å². The highest BCUT2D eigenvalue weighted by Crippen LogP contribution is 2.21. The maximum atomic E-state index is 8.75. The predicted octanol–water partition coefficient (Wildman–Crippen LogP) is 1.43. The lowest BCUT2D eigenvalue weighted by Crippen LogP contribution is -2.13. The molecule has 0 atom stereocenters. The summed E-state index contributed by atoms with van der Waals surface area (Å²) >= 11 is 0. The largest absolute Gasteiger partial charge is 0.396 e. The van der Waals surface area contributed by atoms with Gasteiger partial charge >= 0.3 is 0 Å². The zero-order chi connectivity index (χ0) is 13.5. The minimum absolute atomic E-state index is 0.167. The molecule has 0 unspecified atom stereocenters. The number of rotatable bonds is 6. The molecule has 2 rings (SSSR count). The van der Waals surface area contributed by atoms with Gasteiger partial charge in [0.15, 0.2) is 0 Å². The Labute approximate surface area is 112 Å². The molecule has 6 heteroatoms. The van der Waals surface area contributed by atoms with E-state index in [0.717, 1.165) is 17.3 Å². The van der Waals surface area contributed by atoms with Gasteiger partial charge in [-0.25, -0.2) is 9.97 Å². The van der Waals surface area contributed by atoms with E-state index in [1.165, 1.54) is 6.33 Å². The maximum Gasteiger partial charge on any atom is 0.138 e. The molecule has 0 aliphatic heterocycles. The minimum atomic E-state index is 0.167. The van der Waals surface area contributed by atoms with Gasteiger partial charge in [-0.2, -0.15) is 0 Å². The first-order valence-corrected chi connectivity index (χ1v) is 6.12. The SMILES string of the molecule is CN(c1cccnc1)c1cc(NCCCO)ncn1. The van der Waals surface area contributed by atoms with Gasteiger partial charge in [-0.3, -0.25) is 4.98 Å². The van der Waals surface area contributed by atoms with Crippen molar-refractivity contribution in [1.82, 2.24) is 15.0 Å². The Morgan fingerprint density at radius 1 is 1.37 bits per heavy atom. The van der Waals surface area contributed by atoms with Gasteiger partial charge < -0.3 is 15.3 Å². The lowest BCUT2D eigenvalue weighted by Gasteiger charge is -2.18. The van der Waals surface area contributed by atoms with Crippen LogP contribution in [0, 0.1) is 0 Å². The van der Waals surface area contributed by atoms with Crippen molar-refractivity contribution in [2.45, 2.75) is 6.42 Å². The first-order valence-electron chi connectivity index (χ1n) is 6.12. The van der Waals surface area contributed by atoms with E-state index < -0.39 is 0 Å². The topological polar surface area (TPSA) is 74.2 Å². The summed E-state index contributed by atoms with van der Waals surface area (Å²) in [5.74, 6) is 1.53. The van der Waals surface area contributed by atoms with Crippen molar-refractivity contribution in [1.29, 1.82) is 0 Å². The second-order valence-corrected chi connectivity index (χ2v) is 4.04. The lowest BCUT2D eigenvalue weighted by atomic mass is 10.3. The van der Waals surface area contributed by atoms with E-state index in [0.29, 0.717) is 13.0 Å². The third-order valence-corrected chi connectivity index (χ3v) is 2.67. The molecule has 0 spiro atoms. The molecule has 2 aromatic heterocycles. The lowest BCUT2D eigenvalue weighted by molar-refractivity contribution is 0.292. The van der Waals surface area contributed by atoms with Crippen molar-refractivity contribution >= 4 is 17.3 Å². The van der Waals surface area contributed by atoms with Crippen LogP contribution in [0.5, 0.6) is 0 Å². The summed E-state index contributed by atoms with van der Waals surface area (Å²) in [6, 6.07) is 5.71. The highest BCUT2D eigenvalue weighted by Gasteiger charge is 2.06. The zero-order valence-electron chi connectivity index (χ0n) is 10.8. The number of nitrogens with one attached hydrogen (secondary N) is 1. The van der Waals surface area contributed by atoms with Gasteiger partial charge in [0.05, 0.1) is 11.9 Å². The standard InChI is InChI=1S/C13H17N5O/c1-18(11-4-2-5-14-9-11)13-8-12(16-10-17-13)15-6-3-7-19/h2,4-5,8-10,19H,3,6-7H2,1H3,(H,15,16,17). The fraction of sp³-hybridized carbons (Fsp3) is 0.308. The molecule has 0 amide bonds. The number of nitrogens with zero attached hydrogens (tertiary/aromatic N) is 4. The van der Waals surface area contributed by atoms with Gasteiger partial charge in [0.1, 0.15) is 18.0 Å². The highest BCUT2D eigenvalue weighted by atomic mass is 16.3. The van der Waals surface area contributed by atoms with Gasteiger partial charge in [-0.15, -0.1) is 0 Å². The van der Waals surface area contributed by atoms with Crippen LogP contribution in [0.4, 0.5) is 17.3 Å². The summed E-state index contributed by atoms with van der Waals surface area (Å²) in [5.41, 5.74) is 0.961. The monoisotopic (exact) mass is 259 g/mol. The van der Waals surface area contributed by atoms with E-state index in [4.69, 9.17) is 5.11 Å². The van der Waals surface area contributed by atoms with Crippen LogP contribution >= 0.6 is 0 Å². The van der Waals surface area contributed by atoms with Crippen LogP contribution in [0.3, 0.4) is 0 Å². The number of aromatic nitrogens is 3. The number of anilines is 3. The summed E-state index contributed by atoms with van der Waals surface area (Å²) in [5, 5.41) is 11.9. The molecular weight excluding hydrogens is 242 g/mol. The number of aliphatic hydroxyl groups excluding tert-OH is 1. The summed E-state index contributed by atoms with van der Waals surface area (Å²) in [6.45, 7) is 0.851. The first kappa shape index (κ1) is 13.2. The minimum Gasteiger partial charge on any atom is -0.396 e. The Morgan fingerprint density at radius 2 is 2.26 bits per heavy atom. The Bertz CT molecular complexity index is 505. The molecule has 100 valence electrons. The molecule has 0 aliphatic carbocycles. The molecule has 0 saturated heterocycles. The molecule has 0 saturated carbocycles. The van der Waals surface area contributed by atoms with Gasteiger partial charge in [-0.1, -0.05) is 0 Å². The number of hydrogen-bond acceptors (Lipinski definition) is 6. The van der Waals surface area contributed by atoms with Gasteiger partial charge in [0, 0.05) is 32.5 Å². The molecule has 0 aliphatic rings. The van der Waals surface area contributed by atoms with Crippen molar-refractivity contribution in [3.63, 3.8) is 0 Å². The Hall–Kier alpha value is -2.21. The van der Waals surface area contributed by atoms with E-state index in [9.17, 15) is 0 Å². The fourth-order valence-corrected chi connectivity index (χ4v) is 1.61. The molecule has 2 heterocycles. The quantitative estimate of drug-likeness (QED) is 0.765. The summed E-state index contributed by atoms with van der Waals surface area (Å²) in [6.07, 6.45) is 5.72. The van der Waals surface area contributed by atoms with Crippen LogP contribution in [0.1, 0.15) is 6.42 Å². The molecule has 0 fully saturated rings. The van der Waals surface area contributed by atoms with Crippen LogP contribution in [0.25, 0.3) is 0 Å². The normalized spacial score (nSPS) is 10.2. The third-order valence-electron chi connectivity index (χ3n) is 2.67. The molecule has 0 aromatic carbocycles. The van der Waals surface area contributed by atoms with Crippen molar-refractivity contribution in [3.05, 3.63) is 36.9 Å². The number of pyridine rings is 1. The molecular formula is C13H17N5O. The van der Waals surface area contributed by atoms with E-state index in [1.54, 1.807) is 12.4 Å². The Balaban J connectivity index is 2.10. The number of aliphatic hydroxyl groups is 1. The predicted molar refractivity (Wildman–Crippen MR) is 74.5 cm³/mol. The highest BCUT2D eigenvalue weighted by molar-refractivity contribution is 5.60. The van der Waals surface area contributed by atoms with E-state index in [1.807, 2.05) is 30.1 Å². The average Bonchev–Trinajstić information content (AvgIpc) is 2.48. The third kappa shape index (κ3) is 3.62. The van der Waals surface area contributed by atoms with Crippen LogP contribution in [-0.4, -0.2) is 40.3 Å². The van der Waals surface area contributed by atoms with Crippen LogP contribution < -0.4 is 10.2 Å². The molecule has 6 nitrogen and oxygen atoms in total. The second kappa shape index (κ2) is 6.65. The van der Waals surface area contributed by atoms with Crippen LogP contribution in [0.15, 0.2) is 36.9 Å². The van der Waals surface area contributed by atoms with Crippen LogP contribution in [0.2, 0.25) is 0 Å². The first-order chi connectivity index (χ1) is 9.31. The van der Waals surface area contributed by atoms with E-state index in [-0.39, 0.29) is 6.61 Å². The number of hydrogen-bond donors (Lipinski definition) is 2. The summed E-state index contributed by atoms with van der Waals surface area (Å²) in [7, 11) is 1.93. The smallest absolute Gasteiger partial charge is 0.138 e. The van der Waals surface area contributed by atoms with Crippen molar-refractivity contribution in [2.24, 2.45) is 0 Å². The van der Waals surface area contributed by atoms with Gasteiger partial charge in [0.25, 0.3) is 0 Å². The molecule has 19 heavy (non-hydrogen) atoms. The Morgan fingerprint density at radius 3 is 3.00 bits per heavy atom. The molecule has 0 bridgehead atoms. The molecule has 2 N–H and O–H groups in total. The summed E-state index contributed by atoms with van der Waals surface area (Å²) < 4.78 is 0. The van der Waals surface area contributed by atoms with Crippen molar-refractivity contribution in [2.75, 3.05) is 30.4 Å². The molecule has 2 aromatic rings. The summed E-state index contributed by atoms with van der Waals surface area (Å²) in [4.78, 5) is 14.4. The van der Waals surface area contributed by atoms with Crippen molar-refractivity contribution in [3.8, 4) is 0 Å². The van der Waals surface area contributed by atoms with Crippen molar-refractivity contribution < 1.29 is 5.11 Å². The zero-order valence-corrected chi connectivity index (χ0v) is 10.8. The van der Waals surface area contributed by atoms with E-state index in [2.05, 4.69) is 20.3 Å². The second-order valence-electron chi connectivity index (χ2n) is 4.04. The fourth-order valence-electron chi connectivity index (χ4n) is 1.61. The van der Waals surface area contributed by atoms with Gasteiger partial charge in [-0.05, 0) is 18.6 Å². The van der Waals surface area contributed by atoms with Crippen LogP contribution in [-0.2, 0) is 0 Å². The molecule has 0 radical (unpaired) electrons. The van der Waals surface area contributed by atoms with E-state index >= 15 is 0 Å². The maximum absolute atomic E-state index is 8.75. The Kier molecular flexibility index (Phi) is 4.63.